The molecule has 0 fully saturated rings. The molecule has 0 spiro atoms. The van der Waals surface area contributed by atoms with Crippen molar-refractivity contribution in [2.75, 3.05) is 12.3 Å². The molecule has 0 bridgehead atoms. The molecule has 0 aromatic carbocycles. The maximum Gasteiger partial charge on any atom is 0.240 e. The highest BCUT2D eigenvalue weighted by molar-refractivity contribution is 7.88. The third-order valence-electron chi connectivity index (χ3n) is 2.31. The first kappa shape index (κ1) is 14.8. The number of unbranched alkanes of at least 4 members (excludes halogenated alkanes) is 5. The lowest BCUT2D eigenvalue weighted by atomic mass is 10.1. The van der Waals surface area contributed by atoms with Gasteiger partial charge < -0.3 is 0 Å². The third kappa shape index (κ3) is 6.84. The molecule has 0 unspecified atom stereocenters. The normalized spacial score (nSPS) is 12.3. The summed E-state index contributed by atoms with van der Waals surface area (Å²) in [5, 5.41) is 0. The van der Waals surface area contributed by atoms with Gasteiger partial charge in [-0.25, -0.2) is 8.42 Å². The Kier molecular flexibility index (Phi) is 7.96. The second-order valence-electron chi connectivity index (χ2n) is 3.69. The van der Waals surface area contributed by atoms with E-state index in [2.05, 4.69) is 6.92 Å². The molecule has 0 aromatic heterocycles. The van der Waals surface area contributed by atoms with Gasteiger partial charge in [0.1, 0.15) is 0 Å². The number of rotatable bonds is 9. The van der Waals surface area contributed by atoms with Crippen LogP contribution < -0.4 is 0 Å². The highest BCUT2D eigenvalue weighted by Crippen LogP contribution is 2.09. The topological polar surface area (TPSA) is 37.4 Å². The van der Waals surface area contributed by atoms with Gasteiger partial charge in [-0.1, -0.05) is 39.0 Å². The molecule has 0 aliphatic carbocycles. The van der Waals surface area contributed by atoms with E-state index in [9.17, 15) is 12.9 Å². The van der Waals surface area contributed by atoms with E-state index >= 15 is 0 Å². The Morgan fingerprint density at radius 3 is 2.07 bits per heavy atom. The molecule has 5 heteroatoms. The Hall–Kier alpha value is -0.160. The fourth-order valence-corrected chi connectivity index (χ4v) is 2.52. The Labute approximate surface area is 92.6 Å². The molecule has 0 radical (unpaired) electrons. The minimum atomic E-state index is -3.64. The standard InChI is InChI=1S/C10H22FNO2S/c1-3-5-6-7-8-9-10-15(13,14)12(11)4-2/h3-10H2,1-2H3. The van der Waals surface area contributed by atoms with E-state index in [-0.39, 0.29) is 16.8 Å². The minimum Gasteiger partial charge on any atom is -0.210 e. The summed E-state index contributed by atoms with van der Waals surface area (Å²) < 4.78 is 35.1. The van der Waals surface area contributed by atoms with Gasteiger partial charge in [-0.15, -0.1) is 4.48 Å². The second-order valence-corrected chi connectivity index (χ2v) is 5.66. The van der Waals surface area contributed by atoms with E-state index in [0.29, 0.717) is 6.42 Å². The van der Waals surface area contributed by atoms with E-state index in [0.717, 1.165) is 19.3 Å². The maximum absolute atomic E-state index is 12.8. The molecule has 0 aromatic rings. The average molecular weight is 239 g/mol. The van der Waals surface area contributed by atoms with Crippen LogP contribution in [0.1, 0.15) is 52.4 Å². The zero-order valence-corrected chi connectivity index (χ0v) is 10.5. The van der Waals surface area contributed by atoms with E-state index < -0.39 is 10.0 Å². The van der Waals surface area contributed by atoms with Crippen molar-refractivity contribution in [3.63, 3.8) is 0 Å². The first-order valence-corrected chi connectivity index (χ1v) is 7.31. The number of hydrogen-bond acceptors (Lipinski definition) is 2. The number of sulfonamides is 1. The van der Waals surface area contributed by atoms with Crippen molar-refractivity contribution < 1.29 is 12.9 Å². The average Bonchev–Trinajstić information content (AvgIpc) is 2.22. The van der Waals surface area contributed by atoms with Crippen LogP contribution in [0.25, 0.3) is 0 Å². The van der Waals surface area contributed by atoms with Gasteiger partial charge in [-0.2, -0.15) is 0 Å². The Morgan fingerprint density at radius 1 is 1.00 bits per heavy atom. The van der Waals surface area contributed by atoms with Gasteiger partial charge in [0.25, 0.3) is 0 Å². The molecule has 0 rings (SSSR count). The molecule has 0 saturated carbocycles. The minimum absolute atomic E-state index is 0.0660. The summed E-state index contributed by atoms with van der Waals surface area (Å²) in [7, 11) is -3.64. The molecule has 0 N–H and O–H groups in total. The molecule has 15 heavy (non-hydrogen) atoms. The molecule has 0 amide bonds. The van der Waals surface area contributed by atoms with E-state index in [1.54, 1.807) is 0 Å². The molecular formula is C10H22FNO2S. The lowest BCUT2D eigenvalue weighted by Gasteiger charge is -2.09. The summed E-state index contributed by atoms with van der Waals surface area (Å²) in [5.41, 5.74) is 0. The van der Waals surface area contributed by atoms with Crippen LogP contribution in [0.2, 0.25) is 0 Å². The van der Waals surface area contributed by atoms with Crippen LogP contribution in [0.15, 0.2) is 0 Å². The van der Waals surface area contributed by atoms with E-state index in [1.807, 2.05) is 0 Å². The lowest BCUT2D eigenvalue weighted by Crippen LogP contribution is -2.25. The van der Waals surface area contributed by atoms with Crippen molar-refractivity contribution in [2.45, 2.75) is 52.4 Å². The predicted octanol–water partition coefficient (Wildman–Crippen LogP) is 2.88. The zero-order valence-electron chi connectivity index (χ0n) is 9.71. The summed E-state index contributed by atoms with van der Waals surface area (Å²) >= 11 is 0. The van der Waals surface area contributed by atoms with Crippen LogP contribution in [0.3, 0.4) is 0 Å². The Bertz CT molecular complexity index is 242. The smallest absolute Gasteiger partial charge is 0.210 e. The summed E-state index contributed by atoms with van der Waals surface area (Å²) in [6.07, 6.45) is 5.98. The van der Waals surface area contributed by atoms with E-state index in [1.165, 1.54) is 19.8 Å². The third-order valence-corrected chi connectivity index (χ3v) is 3.97. The Balaban J connectivity index is 3.58. The summed E-state index contributed by atoms with van der Waals surface area (Å²) in [6, 6.07) is 0. The van der Waals surface area contributed by atoms with Crippen LogP contribution in [0.5, 0.6) is 0 Å². The highest BCUT2D eigenvalue weighted by Gasteiger charge is 2.18. The van der Waals surface area contributed by atoms with Crippen molar-refractivity contribution in [2.24, 2.45) is 0 Å². The van der Waals surface area contributed by atoms with Gasteiger partial charge in [0.05, 0.1) is 5.75 Å². The maximum atomic E-state index is 12.8. The molecular weight excluding hydrogens is 217 g/mol. The number of nitrogens with zero attached hydrogens (tertiary/aromatic N) is 1. The van der Waals surface area contributed by atoms with Gasteiger partial charge in [0.15, 0.2) is 0 Å². The summed E-state index contributed by atoms with van der Waals surface area (Å²) in [6.45, 7) is 3.52. The number of hydrogen-bond donors (Lipinski definition) is 0. The zero-order chi connectivity index (χ0) is 11.7. The first-order chi connectivity index (χ1) is 7.04. The first-order valence-electron chi connectivity index (χ1n) is 5.70. The molecule has 0 aliphatic heterocycles. The predicted molar refractivity (Wildman–Crippen MR) is 60.7 cm³/mol. The SMILES string of the molecule is CCCCCCCCS(=O)(=O)N(F)CC. The molecule has 0 atom stereocenters. The van der Waals surface area contributed by atoms with Gasteiger partial charge in [-0.05, 0) is 17.9 Å². The van der Waals surface area contributed by atoms with Crippen LogP contribution in [-0.4, -0.2) is 25.2 Å². The summed E-state index contributed by atoms with van der Waals surface area (Å²) in [5.74, 6) is -0.0660. The molecule has 3 nitrogen and oxygen atoms in total. The van der Waals surface area contributed by atoms with E-state index in [4.69, 9.17) is 0 Å². The molecule has 0 saturated heterocycles. The lowest BCUT2D eigenvalue weighted by molar-refractivity contribution is 0.147. The molecule has 0 aliphatic rings. The second kappa shape index (κ2) is 8.05. The van der Waals surface area contributed by atoms with Crippen molar-refractivity contribution in [3.05, 3.63) is 0 Å². The van der Waals surface area contributed by atoms with Crippen molar-refractivity contribution in [1.29, 1.82) is 0 Å². The fraction of sp³-hybridized carbons (Fsp3) is 1.00. The van der Waals surface area contributed by atoms with Gasteiger partial charge in [0.2, 0.25) is 10.0 Å². The van der Waals surface area contributed by atoms with Crippen LogP contribution in [0.4, 0.5) is 4.48 Å². The monoisotopic (exact) mass is 239 g/mol. The largest absolute Gasteiger partial charge is 0.240 e. The van der Waals surface area contributed by atoms with Gasteiger partial charge in [-0.3, -0.25) is 0 Å². The number of halogens is 1. The van der Waals surface area contributed by atoms with Crippen LogP contribution in [0, 0.1) is 0 Å². The molecule has 92 valence electrons. The molecule has 0 heterocycles. The van der Waals surface area contributed by atoms with Crippen molar-refractivity contribution >= 4 is 10.0 Å². The van der Waals surface area contributed by atoms with Crippen LogP contribution >= 0.6 is 0 Å². The summed E-state index contributed by atoms with van der Waals surface area (Å²) in [4.78, 5) is 0. The van der Waals surface area contributed by atoms with Crippen molar-refractivity contribution in [1.82, 2.24) is 4.53 Å². The quantitative estimate of drug-likeness (QED) is 0.458. The van der Waals surface area contributed by atoms with Crippen molar-refractivity contribution in [3.8, 4) is 0 Å². The highest BCUT2D eigenvalue weighted by atomic mass is 32.2. The fourth-order valence-electron chi connectivity index (χ4n) is 1.36. The van der Waals surface area contributed by atoms with Gasteiger partial charge >= 0.3 is 0 Å². The van der Waals surface area contributed by atoms with Crippen LogP contribution in [-0.2, 0) is 10.0 Å². The van der Waals surface area contributed by atoms with Gasteiger partial charge in [0, 0.05) is 6.54 Å². The Morgan fingerprint density at radius 2 is 1.53 bits per heavy atom.